The summed E-state index contributed by atoms with van der Waals surface area (Å²) in [7, 11) is 0. The second-order valence-corrected chi connectivity index (χ2v) is 6.78. The summed E-state index contributed by atoms with van der Waals surface area (Å²) in [5.41, 5.74) is 3.87. The maximum atomic E-state index is 12.0. The molecule has 4 aliphatic rings. The fraction of sp³-hybridized carbons (Fsp3) is 0.562. The first-order valence-electron chi connectivity index (χ1n) is 7.63. The fourth-order valence-corrected chi connectivity index (χ4v) is 4.59. The zero-order chi connectivity index (χ0) is 14.4. The smallest absolute Gasteiger partial charge is 0.271 e. The van der Waals surface area contributed by atoms with Gasteiger partial charge in [0.25, 0.3) is 5.91 Å². The minimum absolute atomic E-state index is 0.197. The van der Waals surface area contributed by atoms with Crippen LogP contribution < -0.4 is 5.43 Å². The Kier molecular flexibility index (Phi) is 2.85. The zero-order valence-corrected chi connectivity index (χ0v) is 11.8. The first kappa shape index (κ1) is 13.0. The van der Waals surface area contributed by atoms with E-state index in [0.717, 1.165) is 37.8 Å². The Balaban J connectivity index is 1.51. The molecule has 1 aromatic rings. The van der Waals surface area contributed by atoms with Gasteiger partial charge in [0.2, 0.25) is 0 Å². The van der Waals surface area contributed by atoms with Crippen LogP contribution in [-0.2, 0) is 0 Å². The van der Waals surface area contributed by atoms with Gasteiger partial charge in [-0.2, -0.15) is 5.10 Å². The lowest BCUT2D eigenvalue weighted by molar-refractivity contribution is -0.0825. The van der Waals surface area contributed by atoms with Crippen LogP contribution >= 0.6 is 0 Å². The molecule has 5 heteroatoms. The summed E-state index contributed by atoms with van der Waals surface area (Å²) in [4.78, 5) is 15.9. The largest absolute Gasteiger partial charge is 0.390 e. The molecule has 2 N–H and O–H groups in total. The Hall–Kier alpha value is -1.75. The summed E-state index contributed by atoms with van der Waals surface area (Å²) < 4.78 is 0. The quantitative estimate of drug-likeness (QED) is 0.813. The van der Waals surface area contributed by atoms with Gasteiger partial charge in [0, 0.05) is 35.5 Å². The van der Waals surface area contributed by atoms with E-state index >= 15 is 0 Å². The van der Waals surface area contributed by atoms with E-state index in [1.165, 1.54) is 0 Å². The number of carbonyl (C=O) groups is 1. The van der Waals surface area contributed by atoms with E-state index in [0.29, 0.717) is 23.3 Å². The highest BCUT2D eigenvalue weighted by Crippen LogP contribution is 2.54. The molecule has 0 spiro atoms. The molecule has 4 fully saturated rings. The summed E-state index contributed by atoms with van der Waals surface area (Å²) in [6.45, 7) is 0. The molecule has 0 unspecified atom stereocenters. The number of rotatable bonds is 2. The van der Waals surface area contributed by atoms with E-state index in [4.69, 9.17) is 0 Å². The van der Waals surface area contributed by atoms with Gasteiger partial charge < -0.3 is 5.11 Å². The molecule has 110 valence electrons. The number of amides is 1. The molecule has 2 atom stereocenters. The predicted octanol–water partition coefficient (Wildman–Crippen LogP) is 1.74. The molecule has 1 amide bonds. The summed E-state index contributed by atoms with van der Waals surface area (Å²) >= 11 is 0. The van der Waals surface area contributed by atoms with Crippen molar-refractivity contribution >= 4 is 11.6 Å². The van der Waals surface area contributed by atoms with Crippen molar-refractivity contribution in [3.05, 3.63) is 30.1 Å². The van der Waals surface area contributed by atoms with Crippen molar-refractivity contribution < 1.29 is 9.90 Å². The number of hydrogen-bond donors (Lipinski definition) is 2. The molecule has 0 saturated heterocycles. The molecule has 0 radical (unpaired) electrons. The Morgan fingerprint density at radius 1 is 1.24 bits per heavy atom. The van der Waals surface area contributed by atoms with Gasteiger partial charge in [-0.25, -0.2) is 5.43 Å². The van der Waals surface area contributed by atoms with E-state index in [1.54, 1.807) is 24.5 Å². The predicted molar refractivity (Wildman–Crippen MR) is 77.6 cm³/mol. The number of hydrazone groups is 1. The summed E-state index contributed by atoms with van der Waals surface area (Å²) in [5.74, 6) is 1.14. The lowest BCUT2D eigenvalue weighted by atomic mass is 9.53. The SMILES string of the molecule is O=C(NN=C1[C@@H]2CC3C[C@@H]1CC(O)(C3)C2)c1ccncc1. The van der Waals surface area contributed by atoms with Crippen molar-refractivity contribution in [3.8, 4) is 0 Å². The Bertz CT molecular complexity index is 581. The molecule has 4 aliphatic carbocycles. The average Bonchev–Trinajstić information content (AvgIpc) is 2.45. The molecule has 1 heterocycles. The van der Waals surface area contributed by atoms with Crippen molar-refractivity contribution in [1.82, 2.24) is 10.4 Å². The van der Waals surface area contributed by atoms with Crippen LogP contribution in [-0.4, -0.2) is 27.3 Å². The third-order valence-electron chi connectivity index (χ3n) is 5.22. The molecular weight excluding hydrogens is 266 g/mol. The number of carbonyl (C=O) groups excluding carboxylic acids is 1. The van der Waals surface area contributed by atoms with Crippen LogP contribution in [0.1, 0.15) is 42.5 Å². The minimum Gasteiger partial charge on any atom is -0.390 e. The van der Waals surface area contributed by atoms with Crippen LogP contribution in [0, 0.1) is 17.8 Å². The molecule has 5 rings (SSSR count). The molecule has 1 aromatic heterocycles. The summed E-state index contributed by atoms with van der Waals surface area (Å²) in [5, 5.41) is 14.9. The molecule has 0 aromatic carbocycles. The third kappa shape index (κ3) is 2.25. The highest BCUT2D eigenvalue weighted by atomic mass is 16.3. The monoisotopic (exact) mass is 285 g/mol. The second-order valence-electron chi connectivity index (χ2n) is 6.78. The molecule has 5 nitrogen and oxygen atoms in total. The highest BCUT2D eigenvalue weighted by Gasteiger charge is 2.53. The first-order chi connectivity index (χ1) is 10.1. The molecule has 4 saturated carbocycles. The number of pyridine rings is 1. The first-order valence-corrected chi connectivity index (χ1v) is 7.63. The van der Waals surface area contributed by atoms with Crippen molar-refractivity contribution in [2.24, 2.45) is 22.9 Å². The van der Waals surface area contributed by atoms with Gasteiger partial charge in [-0.1, -0.05) is 0 Å². The lowest BCUT2D eigenvalue weighted by Crippen LogP contribution is -2.55. The summed E-state index contributed by atoms with van der Waals surface area (Å²) in [6, 6.07) is 3.35. The molecular formula is C16H19N3O2. The Labute approximate surface area is 123 Å². The zero-order valence-electron chi connectivity index (χ0n) is 11.8. The van der Waals surface area contributed by atoms with E-state index in [2.05, 4.69) is 15.5 Å². The highest BCUT2D eigenvalue weighted by molar-refractivity contribution is 5.96. The average molecular weight is 285 g/mol. The maximum Gasteiger partial charge on any atom is 0.271 e. The fourth-order valence-electron chi connectivity index (χ4n) is 4.59. The van der Waals surface area contributed by atoms with Gasteiger partial charge in [0.15, 0.2) is 0 Å². The van der Waals surface area contributed by atoms with Crippen LogP contribution in [0.4, 0.5) is 0 Å². The molecule has 4 bridgehead atoms. The Morgan fingerprint density at radius 3 is 2.52 bits per heavy atom. The number of nitrogens with one attached hydrogen (secondary N) is 1. The topological polar surface area (TPSA) is 74.6 Å². The van der Waals surface area contributed by atoms with Crippen molar-refractivity contribution in [3.63, 3.8) is 0 Å². The third-order valence-corrected chi connectivity index (χ3v) is 5.22. The van der Waals surface area contributed by atoms with Crippen LogP contribution in [0.5, 0.6) is 0 Å². The van der Waals surface area contributed by atoms with Gasteiger partial charge >= 0.3 is 0 Å². The van der Waals surface area contributed by atoms with Crippen LogP contribution in [0.2, 0.25) is 0 Å². The Morgan fingerprint density at radius 2 is 1.90 bits per heavy atom. The normalized spacial score (nSPS) is 36.6. The van der Waals surface area contributed by atoms with E-state index in [1.807, 2.05) is 0 Å². The van der Waals surface area contributed by atoms with Gasteiger partial charge in [0.1, 0.15) is 0 Å². The molecule has 21 heavy (non-hydrogen) atoms. The van der Waals surface area contributed by atoms with Gasteiger partial charge in [-0.15, -0.1) is 0 Å². The standard InChI is InChI=1S/C16H19N3O2/c20-15(11-1-3-17-4-2-11)19-18-14-12-5-10-6-13(14)9-16(21,7-10)8-12/h1-4,10,12-13,21H,5-9H2,(H,19,20)/t10?,12-,13-,16?/m1/s1. The van der Waals surface area contributed by atoms with Crippen LogP contribution in [0.15, 0.2) is 29.6 Å². The number of nitrogens with zero attached hydrogens (tertiary/aromatic N) is 2. The number of hydrogen-bond acceptors (Lipinski definition) is 4. The van der Waals surface area contributed by atoms with Crippen molar-refractivity contribution in [2.45, 2.75) is 37.7 Å². The number of aliphatic hydroxyl groups is 1. The summed E-state index contributed by atoms with van der Waals surface area (Å²) in [6.07, 6.45) is 8.00. The second kappa shape index (κ2) is 4.63. The van der Waals surface area contributed by atoms with Crippen LogP contribution in [0.3, 0.4) is 0 Å². The van der Waals surface area contributed by atoms with Crippen molar-refractivity contribution in [1.29, 1.82) is 0 Å². The van der Waals surface area contributed by atoms with E-state index < -0.39 is 5.60 Å². The van der Waals surface area contributed by atoms with Crippen LogP contribution in [0.25, 0.3) is 0 Å². The lowest BCUT2D eigenvalue weighted by Gasteiger charge is -2.54. The number of aromatic nitrogens is 1. The van der Waals surface area contributed by atoms with Gasteiger partial charge in [-0.05, 0) is 50.2 Å². The minimum atomic E-state index is -0.468. The molecule has 0 aliphatic heterocycles. The van der Waals surface area contributed by atoms with E-state index in [-0.39, 0.29) is 5.91 Å². The maximum absolute atomic E-state index is 12.0. The van der Waals surface area contributed by atoms with Gasteiger partial charge in [-0.3, -0.25) is 9.78 Å². The van der Waals surface area contributed by atoms with E-state index in [9.17, 15) is 9.90 Å². The van der Waals surface area contributed by atoms with Gasteiger partial charge in [0.05, 0.1) is 5.60 Å². The van der Waals surface area contributed by atoms with Crippen molar-refractivity contribution in [2.75, 3.05) is 0 Å².